The smallest absolute Gasteiger partial charge is 0.325 e. The summed E-state index contributed by atoms with van der Waals surface area (Å²) >= 11 is 0. The van der Waals surface area contributed by atoms with Crippen LogP contribution >= 0.6 is 0 Å². The molecule has 6 aromatic carbocycles. The molecular formula is C70H61F3N10O9. The summed E-state index contributed by atoms with van der Waals surface area (Å²) in [5, 5.41) is 4.88. The van der Waals surface area contributed by atoms with Crippen molar-refractivity contribution < 1.29 is 56.3 Å². The van der Waals surface area contributed by atoms with Crippen LogP contribution in [0.3, 0.4) is 0 Å². The Morgan fingerprint density at radius 3 is 1.10 bits per heavy atom. The van der Waals surface area contributed by atoms with Crippen molar-refractivity contribution in [3.05, 3.63) is 197 Å². The molecule has 3 aromatic heterocycles. The summed E-state index contributed by atoms with van der Waals surface area (Å²) in [5.41, 5.74) is 22.3. The molecule has 3 aliphatic heterocycles. The number of carbonyl (C=O) groups is 9. The van der Waals surface area contributed by atoms with Crippen LogP contribution in [0.15, 0.2) is 146 Å². The summed E-state index contributed by atoms with van der Waals surface area (Å²) in [6.45, 7) is 7.16. The van der Waals surface area contributed by atoms with Crippen molar-refractivity contribution in [2.45, 2.75) is 91.4 Å². The second-order valence-corrected chi connectivity index (χ2v) is 24.6. The van der Waals surface area contributed by atoms with Gasteiger partial charge in [-0.2, -0.15) is 0 Å². The average molecular weight is 1240 g/mol. The molecule has 19 nitrogen and oxygen atoms in total. The number of nitrogens with two attached hydrogens (primary N) is 3. The quantitative estimate of drug-likeness (QED) is 0.0656. The van der Waals surface area contributed by atoms with E-state index in [1.54, 1.807) is 113 Å². The lowest BCUT2D eigenvalue weighted by Crippen LogP contribution is -2.40. The number of primary amides is 3. The third-order valence-electron chi connectivity index (χ3n) is 17.1. The summed E-state index contributed by atoms with van der Waals surface area (Å²) in [6, 6.07) is 38.2. The van der Waals surface area contributed by atoms with Crippen LogP contribution in [-0.4, -0.2) is 88.5 Å². The van der Waals surface area contributed by atoms with Crippen molar-refractivity contribution in [2.75, 3.05) is 0 Å². The molecule has 0 unspecified atom stereocenters. The van der Waals surface area contributed by atoms with Gasteiger partial charge in [0.15, 0.2) is 0 Å². The molecule has 0 radical (unpaired) electrons. The van der Waals surface area contributed by atoms with Gasteiger partial charge in [-0.25, -0.2) is 32.9 Å². The van der Waals surface area contributed by atoms with Gasteiger partial charge in [0.05, 0.1) is 47.0 Å². The van der Waals surface area contributed by atoms with Gasteiger partial charge in [-0.1, -0.05) is 99.5 Å². The van der Waals surface area contributed by atoms with Crippen molar-refractivity contribution in [2.24, 2.45) is 28.0 Å². The number of rotatable bonds is 12. The van der Waals surface area contributed by atoms with E-state index in [1.165, 1.54) is 46.2 Å². The molecule has 1 saturated carbocycles. The van der Waals surface area contributed by atoms with E-state index < -0.39 is 40.1 Å². The van der Waals surface area contributed by atoms with E-state index in [1.807, 2.05) is 24.3 Å². The molecule has 4 fully saturated rings. The number of benzene rings is 6. The van der Waals surface area contributed by atoms with Crippen molar-refractivity contribution in [3.63, 3.8) is 0 Å². The van der Waals surface area contributed by atoms with Gasteiger partial charge >= 0.3 is 6.03 Å². The number of imide groups is 3. The molecule has 3 saturated heterocycles. The minimum absolute atomic E-state index is 0.0649. The first-order chi connectivity index (χ1) is 43.7. The number of likely N-dealkylation sites (tertiary alicyclic amines) is 2. The summed E-state index contributed by atoms with van der Waals surface area (Å²) in [5.74, 6) is -4.10. The third kappa shape index (κ3) is 12.5. The Kier molecular flexibility index (Phi) is 16.6. The summed E-state index contributed by atoms with van der Waals surface area (Å²) < 4.78 is 40.1. The Morgan fingerprint density at radius 2 is 0.783 bits per heavy atom. The van der Waals surface area contributed by atoms with E-state index in [0.29, 0.717) is 55.5 Å². The van der Waals surface area contributed by atoms with Crippen LogP contribution in [0.1, 0.15) is 114 Å². The molecule has 7 N–H and O–H groups in total. The molecule has 22 heteroatoms. The van der Waals surface area contributed by atoms with Gasteiger partial charge in [0.1, 0.15) is 40.1 Å². The van der Waals surface area contributed by atoms with E-state index in [2.05, 4.69) is 20.3 Å². The number of amides is 10. The number of carbonyl (C=O) groups excluding carboxylic acids is 9. The van der Waals surface area contributed by atoms with E-state index in [4.69, 9.17) is 17.2 Å². The number of nitrogens with zero attached hydrogens (tertiary/aromatic N) is 6. The number of hydrogen-bond donors (Lipinski definition) is 4. The number of halogens is 3. The fourth-order valence-corrected chi connectivity index (χ4v) is 12.3. The molecule has 466 valence electrons. The van der Waals surface area contributed by atoms with Gasteiger partial charge in [-0.3, -0.25) is 53.1 Å². The minimum atomic E-state index is -0.957. The van der Waals surface area contributed by atoms with Crippen LogP contribution in [-0.2, 0) is 43.6 Å². The van der Waals surface area contributed by atoms with Crippen LogP contribution in [0.5, 0.6) is 0 Å². The molecule has 0 bridgehead atoms. The molecule has 4 aliphatic rings. The first-order valence-electron chi connectivity index (χ1n) is 29.5. The van der Waals surface area contributed by atoms with E-state index >= 15 is 0 Å². The van der Waals surface area contributed by atoms with Crippen LogP contribution in [0.4, 0.5) is 18.0 Å². The zero-order valence-corrected chi connectivity index (χ0v) is 50.4. The zero-order chi connectivity index (χ0) is 65.7. The highest BCUT2D eigenvalue weighted by Gasteiger charge is 2.52. The lowest BCUT2D eigenvalue weighted by molar-refractivity contribution is -0.143. The number of fused-ring (bicyclic) bond motifs is 3. The van der Waals surface area contributed by atoms with Gasteiger partial charge < -0.3 is 22.5 Å². The summed E-state index contributed by atoms with van der Waals surface area (Å²) in [6.07, 6.45) is 3.98. The topological polar surface area (TPSA) is 292 Å². The van der Waals surface area contributed by atoms with E-state index in [-0.39, 0.29) is 96.5 Å². The second-order valence-electron chi connectivity index (χ2n) is 24.6. The largest absolute Gasteiger partial charge is 0.364 e. The van der Waals surface area contributed by atoms with Crippen LogP contribution in [0, 0.1) is 28.3 Å². The van der Waals surface area contributed by atoms with Crippen molar-refractivity contribution >= 4 is 86.0 Å². The van der Waals surface area contributed by atoms with Crippen molar-refractivity contribution in [3.8, 4) is 33.4 Å². The minimum Gasteiger partial charge on any atom is -0.364 e. The number of hydrogen-bond acceptors (Lipinski definition) is 12. The standard InChI is InChI=1S/C25H22FN3O3.C23H20FN3O3.C22H19FN4O3/c26-17-6-4-16(5-7-17)19-12-21(23(27)31)28-20-11-15(3-8-18(19)20)14-29-22(30)13-25(24(29)32)9-1-2-10-25;1-23(2)11-20(28)27(22(23)30)12-13-3-8-16-17(14-4-6-15(24)7-5-14)10-19(21(25)29)26-18(16)9-13;1-22(2)20(29)27(21(30)26-22)11-12-3-8-15-16(13-4-6-14(23)7-5-13)10-18(19(24)28)25-17(15)9-12/h3-8,11-12H,1-2,9-10,13-14H2,(H2,27,31);3-10H,11-12H2,1-2H3,(H2,25,29);3-10H,11H2,1-2H3,(H2,24,28)(H,26,30). The highest BCUT2D eigenvalue weighted by molar-refractivity contribution is 6.09. The maximum Gasteiger partial charge on any atom is 0.325 e. The predicted molar refractivity (Wildman–Crippen MR) is 335 cm³/mol. The molecule has 1 spiro atoms. The highest BCUT2D eigenvalue weighted by atomic mass is 19.1. The van der Waals surface area contributed by atoms with Gasteiger partial charge in [-0.05, 0) is 150 Å². The fraction of sp³-hybridized carbons (Fsp3) is 0.229. The number of aromatic nitrogens is 3. The Hall–Kier alpha value is -11.0. The SMILES string of the molecule is CC1(C)CC(=O)N(Cc2ccc3c(-c4ccc(F)cc4)cc(C(N)=O)nc3c2)C1=O.CC1(C)NC(=O)N(Cc2ccc3c(-c4ccc(F)cc4)cc(C(N)=O)nc3c2)C1=O.NC(=O)c1cc(-c2ccc(F)cc2)c2ccc(CN3C(=O)CC4(CCCC4)C3=O)cc2n1. The molecule has 1 aliphatic carbocycles. The van der Waals surface area contributed by atoms with Gasteiger partial charge in [0, 0.05) is 29.0 Å². The number of nitrogens with one attached hydrogen (secondary N) is 1. The lowest BCUT2D eigenvalue weighted by atomic mass is 9.84. The lowest BCUT2D eigenvalue weighted by Gasteiger charge is -2.21. The van der Waals surface area contributed by atoms with Gasteiger partial charge in [0.2, 0.25) is 23.6 Å². The fourth-order valence-electron chi connectivity index (χ4n) is 12.3. The molecular weight excluding hydrogens is 1180 g/mol. The molecule has 92 heavy (non-hydrogen) atoms. The summed E-state index contributed by atoms with van der Waals surface area (Å²) in [4.78, 5) is 127. The van der Waals surface area contributed by atoms with E-state index in [0.717, 1.165) is 57.9 Å². The zero-order valence-electron chi connectivity index (χ0n) is 50.4. The Bertz CT molecular complexity index is 4400. The maximum absolute atomic E-state index is 13.4. The van der Waals surface area contributed by atoms with Crippen LogP contribution in [0.25, 0.3) is 66.1 Å². The Labute approximate surface area is 524 Å². The first-order valence-corrected chi connectivity index (χ1v) is 29.5. The molecule has 6 heterocycles. The number of pyridine rings is 3. The normalized spacial score (nSPS) is 16.3. The molecule has 10 amide bonds. The second kappa shape index (κ2) is 24.4. The van der Waals surface area contributed by atoms with Gasteiger partial charge in [-0.15, -0.1) is 0 Å². The van der Waals surface area contributed by atoms with Crippen molar-refractivity contribution in [1.82, 2.24) is 35.0 Å². The first kappa shape index (κ1) is 62.6. The molecule has 9 aromatic rings. The van der Waals surface area contributed by atoms with Crippen LogP contribution < -0.4 is 22.5 Å². The van der Waals surface area contributed by atoms with Crippen molar-refractivity contribution in [1.29, 1.82) is 0 Å². The Balaban J connectivity index is 0.000000141. The third-order valence-corrected chi connectivity index (χ3v) is 17.1. The monoisotopic (exact) mass is 1240 g/mol. The van der Waals surface area contributed by atoms with E-state index in [9.17, 15) is 56.3 Å². The number of urea groups is 1. The average Bonchev–Trinajstić information content (AvgIpc) is 1.25. The predicted octanol–water partition coefficient (Wildman–Crippen LogP) is 10.4. The van der Waals surface area contributed by atoms with Gasteiger partial charge in [0.25, 0.3) is 23.6 Å². The molecule has 13 rings (SSSR count). The van der Waals surface area contributed by atoms with Crippen LogP contribution in [0.2, 0.25) is 0 Å². The Morgan fingerprint density at radius 1 is 0.446 bits per heavy atom. The summed E-state index contributed by atoms with van der Waals surface area (Å²) in [7, 11) is 0. The maximum atomic E-state index is 13.4. The molecule has 0 atom stereocenters. The highest BCUT2D eigenvalue weighted by Crippen LogP contribution is 2.47.